The summed E-state index contributed by atoms with van der Waals surface area (Å²) in [6.45, 7) is 1.77. The van der Waals surface area contributed by atoms with Gasteiger partial charge in [-0.25, -0.2) is 0 Å². The molecular formula is C33H22ClNO5. The third-order valence-electron chi connectivity index (χ3n) is 6.51. The molecule has 40 heavy (non-hydrogen) atoms. The molecule has 0 unspecified atom stereocenters. The van der Waals surface area contributed by atoms with Crippen LogP contribution in [0.3, 0.4) is 0 Å². The molecule has 4 aromatic carbocycles. The van der Waals surface area contributed by atoms with Crippen LogP contribution in [0.5, 0.6) is 5.75 Å². The first-order chi connectivity index (χ1) is 19.5. The minimum absolute atomic E-state index is 0.0160. The molecule has 0 aliphatic carbocycles. The fraction of sp³-hybridized carbons (Fsp3) is 0.0606. The van der Waals surface area contributed by atoms with Crippen molar-refractivity contribution >= 4 is 34.1 Å². The number of ketones is 2. The number of hydrogen-bond acceptors (Lipinski definition) is 6. The molecule has 0 atom stereocenters. The molecule has 6 nitrogen and oxygen atoms in total. The van der Waals surface area contributed by atoms with Crippen molar-refractivity contribution in [3.63, 3.8) is 0 Å². The molecule has 0 saturated heterocycles. The summed E-state index contributed by atoms with van der Waals surface area (Å²) in [5, 5.41) is 5.20. The lowest BCUT2D eigenvalue weighted by Gasteiger charge is -2.14. The lowest BCUT2D eigenvalue weighted by molar-refractivity contribution is 0.103. The number of ether oxygens (including phenoxy) is 1. The fourth-order valence-corrected chi connectivity index (χ4v) is 4.84. The van der Waals surface area contributed by atoms with Crippen molar-refractivity contribution < 1.29 is 23.3 Å². The monoisotopic (exact) mass is 547 g/mol. The van der Waals surface area contributed by atoms with Crippen LogP contribution in [-0.4, -0.2) is 16.7 Å². The number of benzene rings is 4. The van der Waals surface area contributed by atoms with Gasteiger partial charge in [0.25, 0.3) is 0 Å². The molecule has 0 radical (unpaired) electrons. The number of aromatic nitrogens is 1. The summed E-state index contributed by atoms with van der Waals surface area (Å²) in [6.07, 6.45) is 0. The molecule has 2 heterocycles. The van der Waals surface area contributed by atoms with E-state index in [2.05, 4.69) is 5.16 Å². The van der Waals surface area contributed by atoms with E-state index in [0.717, 1.165) is 5.56 Å². The van der Waals surface area contributed by atoms with Crippen LogP contribution >= 0.6 is 11.6 Å². The zero-order valence-electron chi connectivity index (χ0n) is 21.4. The van der Waals surface area contributed by atoms with Crippen LogP contribution in [0.15, 0.2) is 112 Å². The average Bonchev–Trinajstić information content (AvgIpc) is 3.62. The Balaban J connectivity index is 1.44. The number of halogens is 1. The van der Waals surface area contributed by atoms with E-state index in [9.17, 15) is 9.59 Å². The van der Waals surface area contributed by atoms with Gasteiger partial charge in [0, 0.05) is 22.8 Å². The largest absolute Gasteiger partial charge is 0.484 e. The van der Waals surface area contributed by atoms with Crippen molar-refractivity contribution in [2.24, 2.45) is 0 Å². The van der Waals surface area contributed by atoms with Gasteiger partial charge in [0.2, 0.25) is 0 Å². The van der Waals surface area contributed by atoms with Crippen LogP contribution in [0.2, 0.25) is 5.02 Å². The van der Waals surface area contributed by atoms with E-state index in [-0.39, 0.29) is 29.3 Å². The molecule has 0 bridgehead atoms. The Morgan fingerprint density at radius 1 is 0.800 bits per heavy atom. The molecule has 0 saturated carbocycles. The molecule has 0 aliphatic heterocycles. The molecular weight excluding hydrogens is 526 g/mol. The van der Waals surface area contributed by atoms with Gasteiger partial charge in [0.1, 0.15) is 29.4 Å². The Morgan fingerprint density at radius 2 is 1.43 bits per heavy atom. The number of furan rings is 1. The number of hydrogen-bond donors (Lipinski definition) is 0. The number of nitrogens with zero attached hydrogens (tertiary/aromatic N) is 1. The molecule has 6 aromatic rings. The highest BCUT2D eigenvalue weighted by Crippen LogP contribution is 2.38. The second kappa shape index (κ2) is 10.7. The second-order valence-corrected chi connectivity index (χ2v) is 9.65. The van der Waals surface area contributed by atoms with Gasteiger partial charge in [-0.3, -0.25) is 9.59 Å². The van der Waals surface area contributed by atoms with Gasteiger partial charge >= 0.3 is 0 Å². The highest BCUT2D eigenvalue weighted by Gasteiger charge is 2.26. The molecule has 196 valence electrons. The first-order valence-electron chi connectivity index (χ1n) is 12.6. The maximum Gasteiger partial charge on any atom is 0.196 e. The SMILES string of the molecule is Cc1cc2c(OCc3cc(-c4ccccc4Cl)no3)c(C(=O)c3ccccc3)cc(C(=O)c3ccccc3)c2o1. The van der Waals surface area contributed by atoms with Gasteiger partial charge in [-0.15, -0.1) is 0 Å². The lowest BCUT2D eigenvalue weighted by Crippen LogP contribution is -2.10. The van der Waals surface area contributed by atoms with E-state index in [0.29, 0.717) is 50.1 Å². The number of carbonyl (C=O) groups is 2. The van der Waals surface area contributed by atoms with Gasteiger partial charge in [0.15, 0.2) is 17.3 Å². The second-order valence-electron chi connectivity index (χ2n) is 9.24. The van der Waals surface area contributed by atoms with E-state index in [1.807, 2.05) is 30.3 Å². The summed E-state index contributed by atoms with van der Waals surface area (Å²) in [6, 6.07) is 30.1. The molecule has 7 heteroatoms. The van der Waals surface area contributed by atoms with Crippen molar-refractivity contribution in [3.8, 4) is 17.0 Å². The first-order valence-corrected chi connectivity index (χ1v) is 13.0. The van der Waals surface area contributed by atoms with E-state index >= 15 is 0 Å². The molecule has 0 amide bonds. The van der Waals surface area contributed by atoms with Gasteiger partial charge in [0.05, 0.1) is 21.5 Å². The quantitative estimate of drug-likeness (QED) is 0.179. The average molecular weight is 548 g/mol. The van der Waals surface area contributed by atoms with E-state index < -0.39 is 0 Å². The van der Waals surface area contributed by atoms with Gasteiger partial charge < -0.3 is 13.7 Å². The topological polar surface area (TPSA) is 82.5 Å². The third-order valence-corrected chi connectivity index (χ3v) is 6.84. The summed E-state index contributed by atoms with van der Waals surface area (Å²) < 4.78 is 17.8. The zero-order chi connectivity index (χ0) is 27.6. The predicted octanol–water partition coefficient (Wildman–Crippen LogP) is 8.09. The minimum atomic E-state index is -0.284. The van der Waals surface area contributed by atoms with Crippen LogP contribution < -0.4 is 4.74 Å². The van der Waals surface area contributed by atoms with E-state index in [1.165, 1.54) is 0 Å². The normalized spacial score (nSPS) is 11.1. The number of fused-ring (bicyclic) bond motifs is 1. The van der Waals surface area contributed by atoms with Gasteiger partial charge in [-0.05, 0) is 25.1 Å². The molecule has 0 spiro atoms. The van der Waals surface area contributed by atoms with Crippen molar-refractivity contribution in [3.05, 3.63) is 142 Å². The third kappa shape index (κ3) is 4.81. The summed E-state index contributed by atoms with van der Waals surface area (Å²) in [7, 11) is 0. The van der Waals surface area contributed by atoms with Crippen molar-refractivity contribution in [2.45, 2.75) is 13.5 Å². The fourth-order valence-electron chi connectivity index (χ4n) is 4.61. The van der Waals surface area contributed by atoms with Crippen LogP contribution in [0.1, 0.15) is 43.4 Å². The predicted molar refractivity (Wildman–Crippen MR) is 152 cm³/mol. The maximum absolute atomic E-state index is 13.8. The summed E-state index contributed by atoms with van der Waals surface area (Å²) in [5.41, 5.74) is 3.12. The molecule has 0 aliphatic rings. The first kappa shape index (κ1) is 25.3. The Bertz CT molecular complexity index is 1850. The van der Waals surface area contributed by atoms with Crippen molar-refractivity contribution in [2.75, 3.05) is 0 Å². The Kier molecular flexibility index (Phi) is 6.76. The van der Waals surface area contributed by atoms with Crippen molar-refractivity contribution in [1.82, 2.24) is 5.16 Å². The molecule has 2 aromatic heterocycles. The van der Waals surface area contributed by atoms with Crippen LogP contribution in [0.25, 0.3) is 22.2 Å². The summed E-state index contributed by atoms with van der Waals surface area (Å²) >= 11 is 6.32. The summed E-state index contributed by atoms with van der Waals surface area (Å²) in [4.78, 5) is 27.4. The van der Waals surface area contributed by atoms with Crippen LogP contribution in [0.4, 0.5) is 0 Å². The Morgan fingerprint density at radius 3 is 2.10 bits per heavy atom. The summed E-state index contributed by atoms with van der Waals surface area (Å²) in [5.74, 6) is 0.764. The van der Waals surface area contributed by atoms with Crippen LogP contribution in [-0.2, 0) is 6.61 Å². The van der Waals surface area contributed by atoms with E-state index in [1.54, 1.807) is 79.7 Å². The highest BCUT2D eigenvalue weighted by molar-refractivity contribution is 6.33. The lowest BCUT2D eigenvalue weighted by atomic mass is 9.94. The van der Waals surface area contributed by atoms with Crippen molar-refractivity contribution in [1.29, 1.82) is 0 Å². The highest BCUT2D eigenvalue weighted by atomic mass is 35.5. The minimum Gasteiger partial charge on any atom is -0.484 e. The Hall–Kier alpha value is -4.94. The maximum atomic E-state index is 13.8. The van der Waals surface area contributed by atoms with Crippen LogP contribution in [0, 0.1) is 6.92 Å². The standard InChI is InChI=1S/C33H22ClNO5/c1-20-16-27-32(38-19-23-17-29(35-40-23)24-14-8-9-15-28(24)34)25(30(36)21-10-4-2-5-11-21)18-26(33(27)39-20)31(37)22-12-6-3-7-13-22/h2-18H,19H2,1H3. The molecule has 0 N–H and O–H groups in total. The number of carbonyl (C=O) groups excluding carboxylic acids is 2. The zero-order valence-corrected chi connectivity index (χ0v) is 22.1. The van der Waals surface area contributed by atoms with Gasteiger partial charge in [-0.2, -0.15) is 0 Å². The van der Waals surface area contributed by atoms with E-state index in [4.69, 9.17) is 25.3 Å². The molecule has 6 rings (SSSR count). The Labute approximate surface area is 234 Å². The number of aryl methyl sites for hydroxylation is 1. The van der Waals surface area contributed by atoms with Gasteiger partial charge in [-0.1, -0.05) is 95.6 Å². The molecule has 0 fully saturated rings. The smallest absolute Gasteiger partial charge is 0.196 e. The number of rotatable bonds is 8.